The lowest BCUT2D eigenvalue weighted by molar-refractivity contribution is 0.616. The highest BCUT2D eigenvalue weighted by Crippen LogP contribution is 2.29. The minimum Gasteiger partial charge on any atom is -0.276 e. The van der Waals surface area contributed by atoms with Gasteiger partial charge in [-0.2, -0.15) is 0 Å². The smallest absolute Gasteiger partial charge is 0.164 e. The van der Waals surface area contributed by atoms with Gasteiger partial charge in [0.05, 0.1) is 11.1 Å². The Balaban J connectivity index is 2.36. The number of aromatic nitrogens is 3. The zero-order valence-electron chi connectivity index (χ0n) is 11.4. The molecule has 0 aliphatic carbocycles. The molecule has 0 spiro atoms. The first-order valence-corrected chi connectivity index (χ1v) is 7.23. The van der Waals surface area contributed by atoms with Crippen LogP contribution in [0.3, 0.4) is 0 Å². The molecule has 21 heavy (non-hydrogen) atoms. The van der Waals surface area contributed by atoms with E-state index in [1.807, 2.05) is 13.0 Å². The van der Waals surface area contributed by atoms with Gasteiger partial charge in [-0.05, 0) is 43.7 Å². The summed E-state index contributed by atoms with van der Waals surface area (Å²) in [5.74, 6) is 0.105. The van der Waals surface area contributed by atoms with Gasteiger partial charge in [-0.25, -0.2) is 14.4 Å². The third kappa shape index (κ3) is 2.49. The molecule has 0 N–H and O–H groups in total. The van der Waals surface area contributed by atoms with E-state index in [-0.39, 0.29) is 5.38 Å². The van der Waals surface area contributed by atoms with Crippen molar-refractivity contribution >= 4 is 34.4 Å². The molecule has 2 heterocycles. The maximum Gasteiger partial charge on any atom is 0.164 e. The first kappa shape index (κ1) is 14.3. The van der Waals surface area contributed by atoms with Crippen molar-refractivity contribution in [1.82, 2.24) is 14.5 Å². The number of pyridine rings is 1. The molecule has 0 saturated carbocycles. The van der Waals surface area contributed by atoms with Crippen LogP contribution in [-0.2, 0) is 0 Å². The maximum atomic E-state index is 14.3. The number of hydrogen-bond acceptors (Lipinski definition) is 2. The van der Waals surface area contributed by atoms with Crippen molar-refractivity contribution in [3.8, 4) is 5.69 Å². The van der Waals surface area contributed by atoms with E-state index in [0.29, 0.717) is 27.7 Å². The molecule has 3 aromatic rings. The average Bonchev–Trinajstić information content (AvgIpc) is 2.77. The molecule has 0 bridgehead atoms. The van der Waals surface area contributed by atoms with Crippen LogP contribution in [0.2, 0.25) is 5.02 Å². The van der Waals surface area contributed by atoms with Gasteiger partial charge in [0.25, 0.3) is 0 Å². The lowest BCUT2D eigenvalue weighted by Gasteiger charge is -2.11. The molecule has 108 valence electrons. The first-order valence-electron chi connectivity index (χ1n) is 6.42. The zero-order chi connectivity index (χ0) is 15.1. The Morgan fingerprint density at radius 2 is 2.05 bits per heavy atom. The van der Waals surface area contributed by atoms with Crippen molar-refractivity contribution in [2.75, 3.05) is 0 Å². The van der Waals surface area contributed by atoms with Gasteiger partial charge in [0.15, 0.2) is 5.65 Å². The molecule has 3 rings (SSSR count). The highest BCUT2D eigenvalue weighted by atomic mass is 35.5. The van der Waals surface area contributed by atoms with Gasteiger partial charge < -0.3 is 0 Å². The molecule has 0 aliphatic rings. The molecule has 1 atom stereocenters. The number of imidazole rings is 1. The fourth-order valence-electron chi connectivity index (χ4n) is 2.25. The fraction of sp³-hybridized carbons (Fsp3) is 0.200. The van der Waals surface area contributed by atoms with Gasteiger partial charge in [0.2, 0.25) is 0 Å². The standard InChI is InChI=1S/C15H12Cl2FN3/c1-8-5-12-15(19-7-8)21(14(20-12)9(2)16)13-4-3-10(17)6-11(13)18/h3-7,9H,1-2H3. The van der Waals surface area contributed by atoms with Gasteiger partial charge in [-0.15, -0.1) is 11.6 Å². The van der Waals surface area contributed by atoms with E-state index in [1.165, 1.54) is 6.07 Å². The van der Waals surface area contributed by atoms with E-state index in [2.05, 4.69) is 9.97 Å². The molecule has 1 aromatic carbocycles. The van der Waals surface area contributed by atoms with Crippen LogP contribution in [0.15, 0.2) is 30.5 Å². The van der Waals surface area contributed by atoms with Crippen molar-refractivity contribution in [3.63, 3.8) is 0 Å². The number of hydrogen-bond donors (Lipinski definition) is 0. The van der Waals surface area contributed by atoms with E-state index >= 15 is 0 Å². The zero-order valence-corrected chi connectivity index (χ0v) is 13.0. The normalized spacial score (nSPS) is 12.8. The summed E-state index contributed by atoms with van der Waals surface area (Å²) in [7, 11) is 0. The quantitative estimate of drug-likeness (QED) is 0.633. The molecule has 0 aliphatic heterocycles. The minimum atomic E-state index is -0.442. The summed E-state index contributed by atoms with van der Waals surface area (Å²) < 4.78 is 15.9. The van der Waals surface area contributed by atoms with Crippen LogP contribution in [-0.4, -0.2) is 14.5 Å². The molecular weight excluding hydrogens is 312 g/mol. The number of alkyl halides is 1. The van der Waals surface area contributed by atoms with Crippen molar-refractivity contribution in [1.29, 1.82) is 0 Å². The highest BCUT2D eigenvalue weighted by molar-refractivity contribution is 6.30. The third-order valence-electron chi connectivity index (χ3n) is 3.17. The summed E-state index contributed by atoms with van der Waals surface area (Å²) in [6.45, 7) is 3.72. The minimum absolute atomic E-state index is 0.334. The van der Waals surface area contributed by atoms with Crippen molar-refractivity contribution in [2.45, 2.75) is 19.2 Å². The predicted octanol–water partition coefficient (Wildman–Crippen LogP) is 4.82. The Morgan fingerprint density at radius 1 is 1.29 bits per heavy atom. The van der Waals surface area contributed by atoms with Crippen molar-refractivity contribution in [2.24, 2.45) is 0 Å². The summed E-state index contributed by atoms with van der Waals surface area (Å²) in [5.41, 5.74) is 2.58. The van der Waals surface area contributed by atoms with E-state index in [4.69, 9.17) is 23.2 Å². The average molecular weight is 324 g/mol. The largest absolute Gasteiger partial charge is 0.276 e. The van der Waals surface area contributed by atoms with Crippen molar-refractivity contribution in [3.05, 3.63) is 52.7 Å². The Morgan fingerprint density at radius 3 is 2.71 bits per heavy atom. The van der Waals surface area contributed by atoms with Gasteiger partial charge in [-0.1, -0.05) is 11.6 Å². The van der Waals surface area contributed by atoms with Gasteiger partial charge in [0, 0.05) is 11.2 Å². The second-order valence-electron chi connectivity index (χ2n) is 4.87. The van der Waals surface area contributed by atoms with Crippen LogP contribution in [0.25, 0.3) is 16.9 Å². The Hall–Kier alpha value is -1.65. The maximum absolute atomic E-state index is 14.3. The molecule has 0 fully saturated rings. The Kier molecular flexibility index (Phi) is 3.59. The summed E-state index contributed by atoms with van der Waals surface area (Å²) in [4.78, 5) is 8.85. The lowest BCUT2D eigenvalue weighted by atomic mass is 10.2. The second-order valence-corrected chi connectivity index (χ2v) is 5.96. The molecule has 0 amide bonds. The molecule has 6 heteroatoms. The van der Waals surface area contributed by atoms with Gasteiger partial charge >= 0.3 is 0 Å². The third-order valence-corrected chi connectivity index (χ3v) is 3.60. The Bertz CT molecular complexity index is 827. The van der Waals surface area contributed by atoms with Crippen molar-refractivity contribution < 1.29 is 4.39 Å². The summed E-state index contributed by atoms with van der Waals surface area (Å²) in [6, 6.07) is 6.39. The molecular formula is C15H12Cl2FN3. The van der Waals surface area contributed by atoms with Crippen LogP contribution in [0.5, 0.6) is 0 Å². The molecule has 0 saturated heterocycles. The predicted molar refractivity (Wildman–Crippen MR) is 82.8 cm³/mol. The first-order chi connectivity index (χ1) is 9.97. The number of aryl methyl sites for hydroxylation is 1. The number of nitrogens with zero attached hydrogens (tertiary/aromatic N) is 3. The summed E-state index contributed by atoms with van der Waals surface area (Å²) >= 11 is 12.0. The van der Waals surface area contributed by atoms with E-state index in [9.17, 15) is 4.39 Å². The number of halogens is 3. The summed E-state index contributed by atoms with van der Waals surface area (Å²) in [6.07, 6.45) is 1.72. The topological polar surface area (TPSA) is 30.7 Å². The number of benzene rings is 1. The molecule has 3 nitrogen and oxygen atoms in total. The fourth-order valence-corrected chi connectivity index (χ4v) is 2.56. The highest BCUT2D eigenvalue weighted by Gasteiger charge is 2.19. The van der Waals surface area contributed by atoms with Crippen LogP contribution >= 0.6 is 23.2 Å². The summed E-state index contributed by atoms with van der Waals surface area (Å²) in [5, 5.41) is -0.0421. The second kappa shape index (κ2) is 5.28. The van der Waals surface area contributed by atoms with Crippen LogP contribution < -0.4 is 0 Å². The number of fused-ring (bicyclic) bond motifs is 1. The van der Waals surface area contributed by atoms with Gasteiger partial charge in [0.1, 0.15) is 17.2 Å². The molecule has 2 aromatic heterocycles. The Labute approximate surface area is 131 Å². The van der Waals surface area contributed by atoms with E-state index in [1.54, 1.807) is 29.8 Å². The molecule has 1 unspecified atom stereocenters. The van der Waals surface area contributed by atoms with E-state index < -0.39 is 5.82 Å². The lowest BCUT2D eigenvalue weighted by Crippen LogP contribution is -2.05. The van der Waals surface area contributed by atoms with Crippen LogP contribution in [0.4, 0.5) is 4.39 Å². The SMILES string of the molecule is Cc1cnc2c(c1)nc(C(C)Cl)n2-c1ccc(Cl)cc1F. The van der Waals surface area contributed by atoms with Gasteiger partial charge in [-0.3, -0.25) is 4.57 Å². The van der Waals surface area contributed by atoms with Crippen LogP contribution in [0, 0.1) is 12.7 Å². The molecule has 0 radical (unpaired) electrons. The van der Waals surface area contributed by atoms with Crippen LogP contribution in [0.1, 0.15) is 23.7 Å². The monoisotopic (exact) mass is 323 g/mol. The number of rotatable bonds is 2. The van der Waals surface area contributed by atoms with E-state index in [0.717, 1.165) is 5.56 Å².